The Hall–Kier alpha value is -3.32. The zero-order valence-electron chi connectivity index (χ0n) is 17.2. The average Bonchev–Trinajstić information content (AvgIpc) is 3.25. The van der Waals surface area contributed by atoms with Crippen LogP contribution in [0, 0.1) is 0 Å². The molecule has 2 aromatic heterocycles. The summed E-state index contributed by atoms with van der Waals surface area (Å²) in [7, 11) is 0. The van der Waals surface area contributed by atoms with Gasteiger partial charge in [0.15, 0.2) is 0 Å². The topological polar surface area (TPSA) is 79.9 Å². The van der Waals surface area contributed by atoms with Gasteiger partial charge in [-0.2, -0.15) is 0 Å². The fraction of sp³-hybridized carbons (Fsp3) is 0.208. The first-order chi connectivity index (χ1) is 15.2. The van der Waals surface area contributed by atoms with E-state index in [1.54, 1.807) is 18.0 Å². The second kappa shape index (κ2) is 10.1. The molecule has 2 heterocycles. The molecule has 2 N–H and O–H groups in total. The number of aromatic nitrogens is 3. The number of pyridine rings is 1. The molecular weight excluding hydrogens is 408 g/mol. The molecule has 0 saturated carbocycles. The fourth-order valence-electron chi connectivity index (χ4n) is 3.10. The van der Waals surface area contributed by atoms with Gasteiger partial charge in [-0.25, -0.2) is 9.97 Å². The third-order valence-corrected chi connectivity index (χ3v) is 5.95. The van der Waals surface area contributed by atoms with Gasteiger partial charge in [-0.15, -0.1) is 11.8 Å². The Balaban J connectivity index is 1.27. The molecule has 0 fully saturated rings. The highest BCUT2D eigenvalue weighted by Crippen LogP contribution is 2.27. The van der Waals surface area contributed by atoms with Crippen molar-refractivity contribution in [3.63, 3.8) is 0 Å². The van der Waals surface area contributed by atoms with Crippen LogP contribution >= 0.6 is 11.8 Å². The number of carbonyl (C=O) groups excluding carboxylic acids is 1. The van der Waals surface area contributed by atoms with Gasteiger partial charge in [0.1, 0.15) is 12.4 Å². The van der Waals surface area contributed by atoms with E-state index >= 15 is 0 Å². The number of thioether (sulfide) groups is 1. The Morgan fingerprint density at radius 3 is 2.74 bits per heavy atom. The van der Waals surface area contributed by atoms with E-state index in [0.717, 1.165) is 28.0 Å². The number of carbonyl (C=O) groups is 1. The van der Waals surface area contributed by atoms with Crippen LogP contribution in [0.3, 0.4) is 0 Å². The van der Waals surface area contributed by atoms with Crippen LogP contribution in [-0.4, -0.2) is 26.6 Å². The van der Waals surface area contributed by atoms with Crippen LogP contribution in [0.4, 0.5) is 0 Å². The maximum absolute atomic E-state index is 12.4. The SMILES string of the molecule is CC(SCC(=O)NCc1cccnc1OCc1ccccc1)c1nc2ccccc2[nH]1. The molecule has 0 bridgehead atoms. The average molecular weight is 433 g/mol. The fourth-order valence-corrected chi connectivity index (χ4v) is 3.88. The molecule has 0 saturated heterocycles. The maximum atomic E-state index is 12.4. The predicted octanol–water partition coefficient (Wildman–Crippen LogP) is 4.65. The number of fused-ring (bicyclic) bond motifs is 1. The third kappa shape index (κ3) is 5.64. The monoisotopic (exact) mass is 432 g/mol. The second-order valence-electron chi connectivity index (χ2n) is 7.11. The summed E-state index contributed by atoms with van der Waals surface area (Å²) in [5.74, 6) is 1.72. The van der Waals surface area contributed by atoms with E-state index in [2.05, 4.69) is 20.3 Å². The summed E-state index contributed by atoms with van der Waals surface area (Å²) >= 11 is 1.55. The molecule has 0 aliphatic carbocycles. The van der Waals surface area contributed by atoms with Crippen molar-refractivity contribution >= 4 is 28.7 Å². The lowest BCUT2D eigenvalue weighted by molar-refractivity contribution is -0.118. The lowest BCUT2D eigenvalue weighted by atomic mass is 10.2. The number of amides is 1. The van der Waals surface area contributed by atoms with Crippen LogP contribution in [-0.2, 0) is 17.9 Å². The number of benzene rings is 2. The van der Waals surface area contributed by atoms with E-state index in [0.29, 0.717) is 24.8 Å². The van der Waals surface area contributed by atoms with E-state index in [9.17, 15) is 4.79 Å². The Bertz CT molecular complexity index is 1110. The van der Waals surface area contributed by atoms with Crippen molar-refractivity contribution in [2.75, 3.05) is 5.75 Å². The van der Waals surface area contributed by atoms with Crippen molar-refractivity contribution in [2.24, 2.45) is 0 Å². The Morgan fingerprint density at radius 2 is 1.90 bits per heavy atom. The summed E-state index contributed by atoms with van der Waals surface area (Å²) in [5.41, 5.74) is 3.87. The largest absolute Gasteiger partial charge is 0.473 e. The summed E-state index contributed by atoms with van der Waals surface area (Å²) < 4.78 is 5.86. The lowest BCUT2D eigenvalue weighted by Crippen LogP contribution is -2.25. The highest BCUT2D eigenvalue weighted by Gasteiger charge is 2.14. The van der Waals surface area contributed by atoms with Gasteiger partial charge in [0.2, 0.25) is 11.8 Å². The minimum Gasteiger partial charge on any atom is -0.473 e. The predicted molar refractivity (Wildman–Crippen MR) is 124 cm³/mol. The maximum Gasteiger partial charge on any atom is 0.230 e. The minimum atomic E-state index is -0.0363. The molecule has 1 amide bonds. The number of hydrogen-bond acceptors (Lipinski definition) is 5. The molecule has 0 radical (unpaired) electrons. The normalized spacial score (nSPS) is 11.9. The van der Waals surface area contributed by atoms with Gasteiger partial charge in [0.05, 0.1) is 22.0 Å². The van der Waals surface area contributed by atoms with Crippen LogP contribution in [0.1, 0.15) is 29.1 Å². The van der Waals surface area contributed by atoms with Gasteiger partial charge < -0.3 is 15.0 Å². The van der Waals surface area contributed by atoms with Gasteiger partial charge in [-0.3, -0.25) is 4.79 Å². The molecule has 6 nitrogen and oxygen atoms in total. The summed E-state index contributed by atoms with van der Waals surface area (Å²) in [6, 6.07) is 21.6. The number of hydrogen-bond donors (Lipinski definition) is 2. The summed E-state index contributed by atoms with van der Waals surface area (Å²) in [5, 5.41) is 3.05. The molecule has 2 aromatic carbocycles. The number of H-pyrrole nitrogens is 1. The standard InChI is InChI=1S/C24H24N4O2S/c1-17(23-27-20-11-5-6-12-21(20)28-23)31-16-22(29)26-14-19-10-7-13-25-24(19)30-15-18-8-3-2-4-9-18/h2-13,17H,14-16H2,1H3,(H,26,29)(H,27,28). The van der Waals surface area contributed by atoms with Crippen LogP contribution in [0.15, 0.2) is 72.9 Å². The molecule has 0 aliphatic heterocycles. The van der Waals surface area contributed by atoms with Crippen LogP contribution in [0.5, 0.6) is 5.88 Å². The highest BCUT2D eigenvalue weighted by atomic mass is 32.2. The molecule has 158 valence electrons. The molecular formula is C24H24N4O2S. The molecule has 4 aromatic rings. The number of nitrogens with one attached hydrogen (secondary N) is 2. The van der Waals surface area contributed by atoms with Crippen molar-refractivity contribution in [1.29, 1.82) is 0 Å². The zero-order valence-corrected chi connectivity index (χ0v) is 18.1. The van der Waals surface area contributed by atoms with Crippen LogP contribution < -0.4 is 10.1 Å². The van der Waals surface area contributed by atoms with Crippen molar-refractivity contribution in [3.8, 4) is 5.88 Å². The lowest BCUT2D eigenvalue weighted by Gasteiger charge is -2.12. The van der Waals surface area contributed by atoms with Gasteiger partial charge in [-0.1, -0.05) is 48.5 Å². The first kappa shape index (κ1) is 20.9. The molecule has 7 heteroatoms. The van der Waals surface area contributed by atoms with Gasteiger partial charge >= 0.3 is 0 Å². The van der Waals surface area contributed by atoms with Crippen LogP contribution in [0.2, 0.25) is 0 Å². The summed E-state index contributed by atoms with van der Waals surface area (Å²) in [6.45, 7) is 2.85. The summed E-state index contributed by atoms with van der Waals surface area (Å²) in [6.07, 6.45) is 1.69. The van der Waals surface area contributed by atoms with Crippen molar-refractivity contribution in [3.05, 3.63) is 89.9 Å². The molecule has 0 aliphatic rings. The second-order valence-corrected chi connectivity index (χ2v) is 8.44. The van der Waals surface area contributed by atoms with E-state index in [1.165, 1.54) is 0 Å². The first-order valence-corrected chi connectivity index (χ1v) is 11.2. The Kier molecular flexibility index (Phi) is 6.84. The number of nitrogens with zero attached hydrogens (tertiary/aromatic N) is 2. The number of rotatable bonds is 9. The van der Waals surface area contributed by atoms with Gasteiger partial charge in [0.25, 0.3) is 0 Å². The van der Waals surface area contributed by atoms with E-state index in [1.807, 2.05) is 73.7 Å². The first-order valence-electron chi connectivity index (χ1n) is 10.1. The minimum absolute atomic E-state index is 0.0363. The highest BCUT2D eigenvalue weighted by molar-refractivity contribution is 8.00. The zero-order chi connectivity index (χ0) is 21.5. The molecule has 1 atom stereocenters. The third-order valence-electron chi connectivity index (χ3n) is 4.80. The van der Waals surface area contributed by atoms with Crippen molar-refractivity contribution in [2.45, 2.75) is 25.3 Å². The molecule has 0 spiro atoms. The van der Waals surface area contributed by atoms with E-state index in [4.69, 9.17) is 4.74 Å². The molecule has 4 rings (SSSR count). The smallest absolute Gasteiger partial charge is 0.230 e. The molecule has 1 unspecified atom stereocenters. The van der Waals surface area contributed by atoms with E-state index in [-0.39, 0.29) is 11.2 Å². The van der Waals surface area contributed by atoms with Crippen molar-refractivity contribution < 1.29 is 9.53 Å². The van der Waals surface area contributed by atoms with Crippen molar-refractivity contribution in [1.82, 2.24) is 20.3 Å². The van der Waals surface area contributed by atoms with E-state index < -0.39 is 0 Å². The van der Waals surface area contributed by atoms with Gasteiger partial charge in [0, 0.05) is 18.3 Å². The van der Waals surface area contributed by atoms with Crippen LogP contribution in [0.25, 0.3) is 11.0 Å². The summed E-state index contributed by atoms with van der Waals surface area (Å²) in [4.78, 5) is 24.6. The number of aromatic amines is 1. The Labute approximate surface area is 185 Å². The molecule has 31 heavy (non-hydrogen) atoms. The Morgan fingerprint density at radius 1 is 1.10 bits per heavy atom. The number of imidazole rings is 1. The number of para-hydroxylation sites is 2. The van der Waals surface area contributed by atoms with Gasteiger partial charge in [-0.05, 0) is 30.7 Å². The number of ether oxygens (including phenoxy) is 1. The quantitative estimate of drug-likeness (QED) is 0.403.